The molecule has 0 radical (unpaired) electrons. The van der Waals surface area contributed by atoms with Crippen LogP contribution in [0.3, 0.4) is 0 Å². The van der Waals surface area contributed by atoms with Crippen molar-refractivity contribution >= 4 is 25.7 Å². The van der Waals surface area contributed by atoms with Crippen LogP contribution in [-0.2, 0) is 42.2 Å². The molecule has 3 atom stereocenters. The second kappa shape index (κ2) is 57.8. The zero-order valence-electron chi connectivity index (χ0n) is 48.5. The van der Waals surface area contributed by atoms with Gasteiger partial charge in [0.15, 0.2) is 6.10 Å². The van der Waals surface area contributed by atoms with E-state index in [4.69, 9.17) is 23.3 Å². The monoisotopic (exact) mass is 1090 g/mol. The van der Waals surface area contributed by atoms with Crippen molar-refractivity contribution < 1.29 is 52.2 Å². The van der Waals surface area contributed by atoms with Crippen LogP contribution in [0, 0.1) is 0 Å². The second-order valence-electron chi connectivity index (χ2n) is 20.1. The lowest BCUT2D eigenvalue weighted by Gasteiger charge is -2.21. The van der Waals surface area contributed by atoms with E-state index in [0.717, 1.165) is 148 Å². The molecular formula is C64H111O11P. The summed E-state index contributed by atoms with van der Waals surface area (Å²) < 4.78 is 39.6. The Kier molecular flexibility index (Phi) is 55.3. The average molecular weight is 1090 g/mol. The fraction of sp³-hybridized carbons (Fsp3) is 0.734. The maximum Gasteiger partial charge on any atom is 0.472 e. The summed E-state index contributed by atoms with van der Waals surface area (Å²) in [5.41, 5.74) is 0. The lowest BCUT2D eigenvalue weighted by Crippen LogP contribution is -2.30. The van der Waals surface area contributed by atoms with Crippen LogP contribution < -0.4 is 0 Å². The van der Waals surface area contributed by atoms with Crippen LogP contribution in [0.25, 0.3) is 0 Å². The number of rotatable bonds is 56. The van der Waals surface area contributed by atoms with E-state index in [1.54, 1.807) is 0 Å². The predicted octanol–water partition coefficient (Wildman–Crippen LogP) is 18.3. The van der Waals surface area contributed by atoms with Gasteiger partial charge in [0, 0.05) is 19.3 Å². The maximum absolute atomic E-state index is 12.9. The minimum absolute atomic E-state index is 0.150. The molecule has 3 unspecified atom stereocenters. The fourth-order valence-corrected chi connectivity index (χ4v) is 8.92. The summed E-state index contributed by atoms with van der Waals surface area (Å²) in [4.78, 5) is 48.6. The topological polar surface area (TPSA) is 155 Å². The van der Waals surface area contributed by atoms with E-state index < -0.39 is 57.8 Å². The van der Waals surface area contributed by atoms with Crippen molar-refractivity contribution in [1.29, 1.82) is 0 Å². The molecule has 0 bridgehead atoms. The Labute approximate surface area is 464 Å². The molecule has 0 aliphatic heterocycles. The minimum atomic E-state index is -4.76. The molecule has 438 valence electrons. The summed E-state index contributed by atoms with van der Waals surface area (Å²) in [6, 6.07) is 0. The van der Waals surface area contributed by atoms with Crippen LogP contribution in [0.1, 0.15) is 265 Å². The van der Waals surface area contributed by atoms with Gasteiger partial charge in [0.05, 0.1) is 19.8 Å². The largest absolute Gasteiger partial charge is 0.472 e. The number of allylic oxidation sites excluding steroid dienone is 14. The molecule has 11 nitrogen and oxygen atoms in total. The van der Waals surface area contributed by atoms with Crippen LogP contribution in [0.2, 0.25) is 0 Å². The van der Waals surface area contributed by atoms with Gasteiger partial charge in [-0.05, 0) is 116 Å². The molecule has 0 fully saturated rings. The first-order valence-electron chi connectivity index (χ1n) is 30.5. The number of phosphoric acid groups is 1. The van der Waals surface area contributed by atoms with Crippen molar-refractivity contribution in [1.82, 2.24) is 0 Å². The van der Waals surface area contributed by atoms with Crippen molar-refractivity contribution in [2.75, 3.05) is 26.4 Å². The first kappa shape index (κ1) is 72.7. The normalized spacial score (nSPS) is 13.9. The Bertz CT molecular complexity index is 1600. The van der Waals surface area contributed by atoms with Gasteiger partial charge in [-0.2, -0.15) is 0 Å². The average Bonchev–Trinajstić information content (AvgIpc) is 3.41. The van der Waals surface area contributed by atoms with Gasteiger partial charge in [-0.15, -0.1) is 0 Å². The van der Waals surface area contributed by atoms with Gasteiger partial charge >= 0.3 is 25.7 Å². The highest BCUT2D eigenvalue weighted by Crippen LogP contribution is 2.43. The summed E-state index contributed by atoms with van der Waals surface area (Å²) in [7, 11) is -4.76. The quantitative estimate of drug-likeness (QED) is 0.0197. The third-order valence-electron chi connectivity index (χ3n) is 12.8. The Morgan fingerprint density at radius 1 is 0.382 bits per heavy atom. The fourth-order valence-electron chi connectivity index (χ4n) is 8.14. The third-order valence-corrected chi connectivity index (χ3v) is 13.7. The Morgan fingerprint density at radius 3 is 1.09 bits per heavy atom. The number of hydrogen-bond donors (Lipinski definition) is 2. The number of ether oxygens (including phenoxy) is 3. The Balaban J connectivity index is 4.76. The van der Waals surface area contributed by atoms with Crippen LogP contribution >= 0.6 is 7.82 Å². The van der Waals surface area contributed by atoms with Crippen molar-refractivity contribution in [2.24, 2.45) is 0 Å². The van der Waals surface area contributed by atoms with E-state index in [2.05, 4.69) is 106 Å². The molecule has 0 saturated carbocycles. The smallest absolute Gasteiger partial charge is 0.462 e. The van der Waals surface area contributed by atoms with Gasteiger partial charge in [-0.3, -0.25) is 23.4 Å². The van der Waals surface area contributed by atoms with Crippen LogP contribution in [-0.4, -0.2) is 66.5 Å². The van der Waals surface area contributed by atoms with Gasteiger partial charge in [0.2, 0.25) is 0 Å². The van der Waals surface area contributed by atoms with Crippen molar-refractivity contribution in [3.8, 4) is 0 Å². The highest BCUT2D eigenvalue weighted by atomic mass is 31.2. The van der Waals surface area contributed by atoms with Gasteiger partial charge in [0.25, 0.3) is 0 Å². The zero-order valence-corrected chi connectivity index (χ0v) is 49.3. The Hall–Kier alpha value is -3.34. The molecule has 0 rings (SSSR count). The summed E-state index contributed by atoms with van der Waals surface area (Å²) >= 11 is 0. The first-order valence-corrected chi connectivity index (χ1v) is 32.0. The predicted molar refractivity (Wildman–Crippen MR) is 316 cm³/mol. The van der Waals surface area contributed by atoms with E-state index in [0.29, 0.717) is 19.3 Å². The standard InChI is InChI=1S/C64H111O11P/c1-4-7-10-13-16-19-22-25-27-29-30-32-33-36-38-41-44-47-50-53-62(66)71-57-61(75-64(68)55-52-49-46-43-40-37-34-31-28-26-23-20-17-14-11-8-5-2)59-73-76(69,70)72-58-60(56-65)74-63(67)54-51-48-45-42-39-35-24-21-18-15-12-9-6-3/h8,11,16-17,19-21,24-28,30,32,60-61,65H,4-7,9-10,12-15,18,22-23,29,31,33-59H2,1-3H3,(H,69,70)/b11-8-,19-16-,20-17-,24-21-,27-25-,28-26-,32-30-. The van der Waals surface area contributed by atoms with E-state index >= 15 is 0 Å². The van der Waals surface area contributed by atoms with E-state index in [1.165, 1.54) is 57.8 Å². The number of carbonyl (C=O) groups is 3. The number of phosphoric ester groups is 1. The summed E-state index contributed by atoms with van der Waals surface area (Å²) in [5.74, 6) is -1.50. The SMILES string of the molecule is CC/C=C\C/C=C\C/C=C\CCCCCCCCCC(=O)OC(COC(=O)CCCCCCCC/C=C\C/C=C\C/C=C\CCCCC)COP(=O)(O)OCC(CO)OC(=O)CCCCCCC/C=C\CCCCCC. The molecule has 0 aromatic rings. The van der Waals surface area contributed by atoms with Crippen molar-refractivity contribution in [3.63, 3.8) is 0 Å². The van der Waals surface area contributed by atoms with Crippen molar-refractivity contribution in [2.45, 2.75) is 277 Å². The highest BCUT2D eigenvalue weighted by Gasteiger charge is 2.28. The van der Waals surface area contributed by atoms with Gasteiger partial charge in [0.1, 0.15) is 12.7 Å². The van der Waals surface area contributed by atoms with E-state index in [1.807, 2.05) is 0 Å². The van der Waals surface area contributed by atoms with E-state index in [-0.39, 0.29) is 25.9 Å². The summed E-state index contributed by atoms with van der Waals surface area (Å²) in [6.07, 6.45) is 66.7. The van der Waals surface area contributed by atoms with Crippen LogP contribution in [0.5, 0.6) is 0 Å². The molecule has 0 aliphatic carbocycles. The van der Waals surface area contributed by atoms with Crippen LogP contribution in [0.15, 0.2) is 85.1 Å². The zero-order chi connectivity index (χ0) is 55.5. The molecule has 12 heteroatoms. The lowest BCUT2D eigenvalue weighted by atomic mass is 10.1. The number of aliphatic hydroxyl groups excluding tert-OH is 1. The first-order chi connectivity index (χ1) is 37.2. The molecule has 0 aromatic heterocycles. The molecule has 76 heavy (non-hydrogen) atoms. The second-order valence-corrected chi connectivity index (χ2v) is 21.6. The number of unbranched alkanes of at least 4 members (excludes halogenated alkanes) is 25. The lowest BCUT2D eigenvalue weighted by molar-refractivity contribution is -0.161. The highest BCUT2D eigenvalue weighted by molar-refractivity contribution is 7.47. The van der Waals surface area contributed by atoms with Gasteiger partial charge in [-0.25, -0.2) is 4.57 Å². The van der Waals surface area contributed by atoms with Crippen molar-refractivity contribution in [3.05, 3.63) is 85.1 Å². The number of carbonyl (C=O) groups excluding carboxylic acids is 3. The number of esters is 3. The number of aliphatic hydroxyl groups is 1. The summed E-state index contributed by atoms with van der Waals surface area (Å²) in [6.45, 7) is 4.47. The maximum atomic E-state index is 12.9. The van der Waals surface area contributed by atoms with Gasteiger partial charge in [-0.1, -0.05) is 215 Å². The Morgan fingerprint density at radius 2 is 0.684 bits per heavy atom. The molecular weight excluding hydrogens is 976 g/mol. The molecule has 0 aromatic carbocycles. The molecule has 0 heterocycles. The van der Waals surface area contributed by atoms with Gasteiger partial charge < -0.3 is 24.2 Å². The third kappa shape index (κ3) is 55.4. The molecule has 0 spiro atoms. The number of hydrogen-bond acceptors (Lipinski definition) is 10. The molecule has 0 amide bonds. The molecule has 0 saturated heterocycles. The van der Waals surface area contributed by atoms with E-state index in [9.17, 15) is 28.9 Å². The molecule has 2 N–H and O–H groups in total. The molecule has 0 aliphatic rings. The minimum Gasteiger partial charge on any atom is -0.462 e. The van der Waals surface area contributed by atoms with Crippen LogP contribution in [0.4, 0.5) is 0 Å². The summed E-state index contributed by atoms with van der Waals surface area (Å²) in [5, 5.41) is 9.82.